The highest BCUT2D eigenvalue weighted by atomic mass is 14.8. The van der Waals surface area contributed by atoms with Gasteiger partial charge in [0.15, 0.2) is 0 Å². The molecule has 0 aliphatic heterocycles. The van der Waals surface area contributed by atoms with Gasteiger partial charge in [-0.1, -0.05) is 13.8 Å². The normalized spacial score (nSPS) is 73.1. The fourth-order valence-corrected chi connectivity index (χ4v) is 14.8. The lowest BCUT2D eigenvalue weighted by atomic mass is 9.44. The number of hydrogen-bond donors (Lipinski definition) is 0. The van der Waals surface area contributed by atoms with Crippen LogP contribution in [-0.2, 0) is 0 Å². The van der Waals surface area contributed by atoms with Gasteiger partial charge in [0.05, 0.1) is 0 Å². The summed E-state index contributed by atoms with van der Waals surface area (Å²) >= 11 is 0. The maximum absolute atomic E-state index is 2.83. The summed E-state index contributed by atoms with van der Waals surface area (Å²) in [7, 11) is 0. The first-order chi connectivity index (χ1) is 13.6. The molecule has 0 spiro atoms. The molecular formula is C28H40. The largest absolute Gasteiger partial charge is 0.0593 e. The SMILES string of the molecule is CC1(C)C2C(CC3C4CC(C5C6CCC(C6)C45)C31)C1CC2C2C3CCC(C3)C12. The number of hydrogen-bond acceptors (Lipinski definition) is 0. The van der Waals surface area contributed by atoms with Crippen LogP contribution in [0.1, 0.15) is 71.6 Å². The lowest BCUT2D eigenvalue weighted by Gasteiger charge is -2.61. The first kappa shape index (κ1) is 15.8. The van der Waals surface area contributed by atoms with E-state index in [1.54, 1.807) is 57.8 Å². The van der Waals surface area contributed by atoms with Crippen LogP contribution < -0.4 is 0 Å². The van der Waals surface area contributed by atoms with Crippen molar-refractivity contribution in [3.8, 4) is 0 Å². The van der Waals surface area contributed by atoms with E-state index in [4.69, 9.17) is 0 Å². The van der Waals surface area contributed by atoms with Crippen LogP contribution in [0.5, 0.6) is 0 Å². The Balaban J connectivity index is 1.13. The molecule has 0 heteroatoms. The Hall–Kier alpha value is 0. The van der Waals surface area contributed by atoms with Gasteiger partial charge in [-0.15, -0.1) is 0 Å². The second-order valence-corrected chi connectivity index (χ2v) is 14.5. The highest BCUT2D eigenvalue weighted by molar-refractivity contribution is 5.23. The van der Waals surface area contributed by atoms with Crippen molar-refractivity contribution in [2.24, 2.45) is 100 Å². The molecule has 0 aromatic carbocycles. The number of fused-ring (bicyclic) bond motifs is 24. The summed E-state index contributed by atoms with van der Waals surface area (Å²) in [5, 5.41) is 0. The van der Waals surface area contributed by atoms with Crippen molar-refractivity contribution in [2.45, 2.75) is 71.6 Å². The van der Waals surface area contributed by atoms with E-state index >= 15 is 0 Å². The standard InChI is InChI=1S/C28H40/c1-28(2)26-18(16-9-20(26)24-14-5-3-12(7-14)22(16)24)11-19-17-10-21(27(19)28)25-15-6-4-13(8-15)23(17)25/h12-27H,3-11H2,1-2H3. The predicted octanol–water partition coefficient (Wildman–Crippen LogP) is 6.51. The van der Waals surface area contributed by atoms with E-state index in [1.165, 1.54) is 82.9 Å². The molecule has 9 saturated carbocycles. The Morgan fingerprint density at radius 1 is 0.429 bits per heavy atom. The first-order valence-corrected chi connectivity index (χ1v) is 13.6. The number of rotatable bonds is 0. The van der Waals surface area contributed by atoms with E-state index in [0.29, 0.717) is 5.41 Å². The summed E-state index contributed by atoms with van der Waals surface area (Å²) in [6, 6.07) is 0. The van der Waals surface area contributed by atoms with E-state index in [2.05, 4.69) is 13.8 Å². The molecule has 0 aromatic heterocycles. The summed E-state index contributed by atoms with van der Waals surface area (Å²) in [6.07, 6.45) is 14.9. The molecule has 16 unspecified atom stereocenters. The van der Waals surface area contributed by atoms with Gasteiger partial charge >= 0.3 is 0 Å². The van der Waals surface area contributed by atoms with Gasteiger partial charge in [-0.25, -0.2) is 0 Å². The molecule has 8 bridgehead atoms. The minimum atomic E-state index is 0.673. The lowest BCUT2D eigenvalue weighted by molar-refractivity contribution is -0.132. The van der Waals surface area contributed by atoms with Crippen LogP contribution in [0.4, 0.5) is 0 Å². The van der Waals surface area contributed by atoms with Gasteiger partial charge in [-0.05, 0) is 158 Å². The van der Waals surface area contributed by atoms with E-state index < -0.39 is 0 Å². The van der Waals surface area contributed by atoms with Gasteiger partial charge in [0, 0.05) is 0 Å². The van der Waals surface area contributed by atoms with E-state index in [0.717, 1.165) is 11.8 Å². The van der Waals surface area contributed by atoms with Crippen molar-refractivity contribution in [2.75, 3.05) is 0 Å². The van der Waals surface area contributed by atoms with Crippen molar-refractivity contribution >= 4 is 0 Å². The first-order valence-electron chi connectivity index (χ1n) is 13.6. The van der Waals surface area contributed by atoms with E-state index in [9.17, 15) is 0 Å². The van der Waals surface area contributed by atoms with E-state index in [1.807, 2.05) is 0 Å². The molecule has 9 aliphatic rings. The van der Waals surface area contributed by atoms with Crippen LogP contribution in [0.2, 0.25) is 0 Å². The third-order valence-electron chi connectivity index (χ3n) is 14.4. The summed E-state index contributed by atoms with van der Waals surface area (Å²) in [4.78, 5) is 0. The summed E-state index contributed by atoms with van der Waals surface area (Å²) in [5.74, 6) is 18.9. The monoisotopic (exact) mass is 376 g/mol. The van der Waals surface area contributed by atoms with Crippen LogP contribution in [0.25, 0.3) is 0 Å². The highest BCUT2D eigenvalue weighted by Crippen LogP contribution is 2.81. The van der Waals surface area contributed by atoms with Crippen LogP contribution in [0, 0.1) is 100 Å². The van der Waals surface area contributed by atoms with Crippen LogP contribution in [0.15, 0.2) is 0 Å². The van der Waals surface area contributed by atoms with Crippen LogP contribution in [0.3, 0.4) is 0 Å². The zero-order valence-corrected chi connectivity index (χ0v) is 18.1. The maximum Gasteiger partial charge on any atom is -0.0287 e. The van der Waals surface area contributed by atoms with Gasteiger partial charge < -0.3 is 0 Å². The molecule has 9 rings (SSSR count). The maximum atomic E-state index is 2.83. The summed E-state index contributed by atoms with van der Waals surface area (Å²) in [5.41, 5.74) is 0.673. The molecule has 0 amide bonds. The highest BCUT2D eigenvalue weighted by Gasteiger charge is 2.75. The van der Waals surface area contributed by atoms with Gasteiger partial charge in [0.25, 0.3) is 0 Å². The summed E-state index contributed by atoms with van der Waals surface area (Å²) < 4.78 is 0. The molecule has 152 valence electrons. The minimum absolute atomic E-state index is 0.673. The predicted molar refractivity (Wildman–Crippen MR) is 111 cm³/mol. The molecule has 0 saturated heterocycles. The topological polar surface area (TPSA) is 0 Å². The van der Waals surface area contributed by atoms with Gasteiger partial charge in [0.1, 0.15) is 0 Å². The smallest absolute Gasteiger partial charge is 0.0287 e. The quantitative estimate of drug-likeness (QED) is 0.423. The van der Waals surface area contributed by atoms with Gasteiger partial charge in [0.2, 0.25) is 0 Å². The van der Waals surface area contributed by atoms with Crippen molar-refractivity contribution in [3.63, 3.8) is 0 Å². The Morgan fingerprint density at radius 3 is 1.21 bits per heavy atom. The molecule has 0 heterocycles. The molecule has 16 atom stereocenters. The molecular weight excluding hydrogens is 336 g/mol. The average Bonchev–Trinajstić information content (AvgIpc) is 3.52. The van der Waals surface area contributed by atoms with Crippen LogP contribution in [-0.4, -0.2) is 0 Å². The lowest BCUT2D eigenvalue weighted by Crippen LogP contribution is -2.56. The molecule has 9 fully saturated rings. The van der Waals surface area contributed by atoms with Crippen molar-refractivity contribution in [1.82, 2.24) is 0 Å². The van der Waals surface area contributed by atoms with Crippen molar-refractivity contribution < 1.29 is 0 Å². The van der Waals surface area contributed by atoms with Gasteiger partial charge in [-0.3, -0.25) is 0 Å². The average molecular weight is 377 g/mol. The fourth-order valence-electron chi connectivity index (χ4n) is 14.8. The fraction of sp³-hybridized carbons (Fsp3) is 1.00. The Morgan fingerprint density at radius 2 is 0.786 bits per heavy atom. The third kappa shape index (κ3) is 1.45. The zero-order chi connectivity index (χ0) is 18.1. The molecule has 9 aliphatic carbocycles. The van der Waals surface area contributed by atoms with E-state index in [-0.39, 0.29) is 0 Å². The molecule has 28 heavy (non-hydrogen) atoms. The Kier molecular flexibility index (Phi) is 2.59. The zero-order valence-electron chi connectivity index (χ0n) is 18.1. The van der Waals surface area contributed by atoms with Gasteiger partial charge in [-0.2, -0.15) is 0 Å². The molecule has 0 radical (unpaired) electrons. The van der Waals surface area contributed by atoms with Crippen molar-refractivity contribution in [1.29, 1.82) is 0 Å². The summed E-state index contributed by atoms with van der Waals surface area (Å²) in [6.45, 7) is 5.65. The molecule has 0 nitrogen and oxygen atoms in total. The minimum Gasteiger partial charge on any atom is -0.0593 e. The molecule has 0 N–H and O–H groups in total. The van der Waals surface area contributed by atoms with Crippen LogP contribution >= 0.6 is 0 Å². The van der Waals surface area contributed by atoms with Crippen molar-refractivity contribution in [3.05, 3.63) is 0 Å². The Bertz CT molecular complexity index is 689. The second-order valence-electron chi connectivity index (χ2n) is 14.5. The third-order valence-corrected chi connectivity index (χ3v) is 14.4. The Labute approximate surface area is 172 Å². The molecule has 0 aromatic rings. The second kappa shape index (κ2) is 4.60.